The van der Waals surface area contributed by atoms with Crippen LogP contribution in [0, 0.1) is 6.92 Å². The molecule has 4 aromatic rings. The van der Waals surface area contributed by atoms with Crippen molar-refractivity contribution in [2.24, 2.45) is 0 Å². The quantitative estimate of drug-likeness (QED) is 0.347. The number of thiazole rings is 1. The van der Waals surface area contributed by atoms with Gasteiger partial charge in [0.1, 0.15) is 4.70 Å². The summed E-state index contributed by atoms with van der Waals surface area (Å²) >= 11 is 0.904. The maximum absolute atomic E-state index is 12.8. The Morgan fingerprint density at radius 3 is 2.75 bits per heavy atom. The van der Waals surface area contributed by atoms with Gasteiger partial charge in [0.05, 0.1) is 5.52 Å². The first-order valence-corrected chi connectivity index (χ1v) is 11.1. The first-order valence-electron chi connectivity index (χ1n) is 10.3. The molecule has 0 saturated carbocycles. The molecule has 2 amide bonds. The van der Waals surface area contributed by atoms with Gasteiger partial charge in [0.2, 0.25) is 17.6 Å². The topological polar surface area (TPSA) is 132 Å². The second-order valence-electron chi connectivity index (χ2n) is 7.30. The Balaban J connectivity index is 1.38. The van der Waals surface area contributed by atoms with Crippen LogP contribution in [-0.4, -0.2) is 44.2 Å². The molecule has 4 rings (SSSR count). The van der Waals surface area contributed by atoms with Crippen LogP contribution in [0.3, 0.4) is 0 Å². The Labute approximate surface area is 205 Å². The summed E-state index contributed by atoms with van der Waals surface area (Å²) in [6.45, 7) is 2.51. The molecule has 1 aromatic carbocycles. The van der Waals surface area contributed by atoms with E-state index in [4.69, 9.17) is 9.26 Å². The van der Waals surface area contributed by atoms with Gasteiger partial charge in [-0.3, -0.25) is 14.9 Å². The minimum atomic E-state index is -4.56. The van der Waals surface area contributed by atoms with Crippen molar-refractivity contribution in [1.29, 1.82) is 0 Å². The number of aromatic nitrogens is 4. The number of hydrogen-bond donors (Lipinski definition) is 2. The van der Waals surface area contributed by atoms with Crippen molar-refractivity contribution in [1.82, 2.24) is 25.4 Å². The molecule has 186 valence electrons. The average Bonchev–Trinajstić information content (AvgIpc) is 3.44. The van der Waals surface area contributed by atoms with Crippen molar-refractivity contribution in [2.45, 2.75) is 26.1 Å². The number of hydrogen-bond acceptors (Lipinski definition) is 9. The molecule has 1 unspecified atom stereocenters. The number of carbonyl (C=O) groups excluding carboxylic acids is 2. The second-order valence-corrected chi connectivity index (χ2v) is 8.30. The predicted octanol–water partition coefficient (Wildman–Crippen LogP) is 4.26. The van der Waals surface area contributed by atoms with E-state index >= 15 is 0 Å². The van der Waals surface area contributed by atoms with Gasteiger partial charge in [-0.15, -0.1) is 0 Å². The predicted molar refractivity (Wildman–Crippen MR) is 123 cm³/mol. The zero-order valence-electron chi connectivity index (χ0n) is 18.7. The van der Waals surface area contributed by atoms with E-state index in [2.05, 4.69) is 30.7 Å². The van der Waals surface area contributed by atoms with Gasteiger partial charge in [-0.2, -0.15) is 18.2 Å². The molecule has 0 fully saturated rings. The van der Waals surface area contributed by atoms with Crippen LogP contribution in [0.2, 0.25) is 0 Å². The number of anilines is 1. The molecule has 0 bridgehead atoms. The lowest BCUT2D eigenvalue weighted by molar-refractivity contribution is -0.189. The van der Waals surface area contributed by atoms with Crippen molar-refractivity contribution in [2.75, 3.05) is 5.32 Å². The van der Waals surface area contributed by atoms with Gasteiger partial charge in [0.25, 0.3) is 11.8 Å². The largest absolute Gasteiger partial charge is 0.464 e. The molecule has 0 spiro atoms. The number of carbonyl (C=O) groups is 2. The van der Waals surface area contributed by atoms with Gasteiger partial charge >= 0.3 is 6.18 Å². The Bertz CT molecular complexity index is 1450. The summed E-state index contributed by atoms with van der Waals surface area (Å²) in [6, 6.07) is 8.00. The van der Waals surface area contributed by atoms with E-state index in [0.29, 0.717) is 28.4 Å². The van der Waals surface area contributed by atoms with Crippen LogP contribution in [0.4, 0.5) is 18.3 Å². The number of aryl methyl sites for hydroxylation is 1. The van der Waals surface area contributed by atoms with Crippen molar-refractivity contribution < 1.29 is 32.0 Å². The maximum atomic E-state index is 12.8. The van der Waals surface area contributed by atoms with E-state index < -0.39 is 24.1 Å². The third kappa shape index (κ3) is 5.83. The molecule has 1 atom stereocenters. The highest BCUT2D eigenvalue weighted by atomic mass is 32.1. The van der Waals surface area contributed by atoms with E-state index in [1.165, 1.54) is 12.3 Å². The highest BCUT2D eigenvalue weighted by molar-refractivity contribution is 7.22. The summed E-state index contributed by atoms with van der Waals surface area (Å²) in [4.78, 5) is 36.8. The van der Waals surface area contributed by atoms with Crippen molar-refractivity contribution in [3.8, 4) is 17.3 Å². The second kappa shape index (κ2) is 10.1. The van der Waals surface area contributed by atoms with Crippen LogP contribution in [-0.2, 0) is 4.79 Å². The SMILES string of the molecule is Cc1nc(-c2cccc(C(=O)NC=CC(=O)Nc3nc4ccnc(OC(C)C(F)(F)F)c4s3)c2)no1. The van der Waals surface area contributed by atoms with E-state index in [1.54, 1.807) is 31.2 Å². The number of nitrogens with one attached hydrogen (secondary N) is 2. The van der Waals surface area contributed by atoms with Crippen LogP contribution in [0.15, 0.2) is 53.3 Å². The van der Waals surface area contributed by atoms with Crippen LogP contribution >= 0.6 is 11.3 Å². The van der Waals surface area contributed by atoms with Crippen LogP contribution in [0.25, 0.3) is 21.6 Å². The third-order valence-electron chi connectivity index (χ3n) is 4.61. The lowest BCUT2D eigenvalue weighted by atomic mass is 10.1. The zero-order chi connectivity index (χ0) is 25.9. The number of fused-ring (bicyclic) bond motifs is 1. The highest BCUT2D eigenvalue weighted by Crippen LogP contribution is 2.34. The Kier molecular flexibility index (Phi) is 6.96. The van der Waals surface area contributed by atoms with E-state index in [0.717, 1.165) is 30.5 Å². The van der Waals surface area contributed by atoms with Crippen molar-refractivity contribution in [3.05, 3.63) is 60.3 Å². The summed E-state index contributed by atoms with van der Waals surface area (Å²) in [6.07, 6.45) is -3.15. The minimum Gasteiger partial charge on any atom is -0.464 e. The standard InChI is InChI=1S/C22H17F3N6O4S/c1-11(22(23,24)25)34-20-17-15(6-8-27-20)29-21(36-17)30-16(32)7-9-26-19(33)14-5-3-4-13(10-14)18-28-12(2)35-31-18/h3-11H,1-2H3,(H,26,33)(H,29,30,32). The fraction of sp³-hybridized carbons (Fsp3) is 0.182. The van der Waals surface area contributed by atoms with E-state index in [9.17, 15) is 22.8 Å². The Morgan fingerprint density at radius 1 is 1.22 bits per heavy atom. The molecule has 3 heterocycles. The molecule has 3 aromatic heterocycles. The number of alkyl halides is 3. The zero-order valence-corrected chi connectivity index (χ0v) is 19.5. The van der Waals surface area contributed by atoms with E-state index in [1.807, 2.05) is 0 Å². The van der Waals surface area contributed by atoms with Crippen LogP contribution < -0.4 is 15.4 Å². The number of ether oxygens (including phenoxy) is 1. The molecule has 0 radical (unpaired) electrons. The first kappa shape index (κ1) is 24.8. The number of amides is 2. The molecule has 2 N–H and O–H groups in total. The Hall–Kier alpha value is -4.33. The fourth-order valence-corrected chi connectivity index (χ4v) is 3.74. The summed E-state index contributed by atoms with van der Waals surface area (Å²) in [5.74, 6) is -0.615. The summed E-state index contributed by atoms with van der Waals surface area (Å²) in [7, 11) is 0. The van der Waals surface area contributed by atoms with Gasteiger partial charge in [-0.25, -0.2) is 9.97 Å². The number of rotatable bonds is 7. The molecule has 10 nitrogen and oxygen atoms in total. The first-order chi connectivity index (χ1) is 17.1. The van der Waals surface area contributed by atoms with Crippen LogP contribution in [0.5, 0.6) is 5.88 Å². The monoisotopic (exact) mass is 518 g/mol. The lowest BCUT2D eigenvalue weighted by Crippen LogP contribution is -2.31. The minimum absolute atomic E-state index is 0.117. The third-order valence-corrected chi connectivity index (χ3v) is 5.59. The van der Waals surface area contributed by atoms with Gasteiger partial charge in [-0.1, -0.05) is 28.6 Å². The van der Waals surface area contributed by atoms with Crippen molar-refractivity contribution >= 4 is 38.5 Å². The highest BCUT2D eigenvalue weighted by Gasteiger charge is 2.38. The normalized spacial score (nSPS) is 12.6. The van der Waals surface area contributed by atoms with Gasteiger partial charge < -0.3 is 14.6 Å². The van der Waals surface area contributed by atoms with Gasteiger partial charge in [0.15, 0.2) is 11.2 Å². The molecule has 36 heavy (non-hydrogen) atoms. The number of halogens is 3. The van der Waals surface area contributed by atoms with E-state index in [-0.39, 0.29) is 15.7 Å². The van der Waals surface area contributed by atoms with Crippen LogP contribution in [0.1, 0.15) is 23.2 Å². The van der Waals surface area contributed by atoms with Gasteiger partial charge in [0, 0.05) is 36.5 Å². The average molecular weight is 518 g/mol. The number of nitrogens with zero attached hydrogens (tertiary/aromatic N) is 4. The molecule has 0 aliphatic rings. The molecule has 14 heteroatoms. The smallest absolute Gasteiger partial charge is 0.425 e. The summed E-state index contributed by atoms with van der Waals surface area (Å²) in [5, 5.41) is 8.88. The molecular weight excluding hydrogens is 501 g/mol. The molecule has 0 aliphatic heterocycles. The maximum Gasteiger partial charge on any atom is 0.425 e. The molecule has 0 saturated heterocycles. The molecular formula is C22H17F3N6O4S. The number of benzene rings is 1. The van der Waals surface area contributed by atoms with Gasteiger partial charge in [-0.05, 0) is 25.1 Å². The number of pyridine rings is 1. The summed E-state index contributed by atoms with van der Waals surface area (Å²) in [5.41, 5.74) is 1.20. The van der Waals surface area contributed by atoms with Crippen molar-refractivity contribution in [3.63, 3.8) is 0 Å². The lowest BCUT2D eigenvalue weighted by Gasteiger charge is -2.16. The Morgan fingerprint density at radius 2 is 2.03 bits per heavy atom. The fourth-order valence-electron chi connectivity index (χ4n) is 2.84. The summed E-state index contributed by atoms with van der Waals surface area (Å²) < 4.78 is 48.6. The molecule has 0 aliphatic carbocycles.